The second-order valence-corrected chi connectivity index (χ2v) is 8.44. The van der Waals surface area contributed by atoms with E-state index in [-0.39, 0.29) is 12.1 Å². The highest BCUT2D eigenvalue weighted by molar-refractivity contribution is 5.35. The van der Waals surface area contributed by atoms with Gasteiger partial charge in [0.2, 0.25) is 0 Å². The first kappa shape index (κ1) is 23.3. The van der Waals surface area contributed by atoms with Crippen LogP contribution in [0.3, 0.4) is 0 Å². The normalized spacial score (nSPS) is 14.0. The monoisotopic (exact) mass is 492 g/mol. The summed E-state index contributed by atoms with van der Waals surface area (Å²) in [6.07, 6.45) is 9.09. The summed E-state index contributed by atoms with van der Waals surface area (Å²) >= 11 is 0. The third-order valence-electron chi connectivity index (χ3n) is 6.21. The topological polar surface area (TPSA) is 109 Å². The van der Waals surface area contributed by atoms with E-state index >= 15 is 0 Å². The van der Waals surface area contributed by atoms with Crippen LogP contribution < -0.4 is 5.69 Å². The van der Waals surface area contributed by atoms with Gasteiger partial charge in [-0.2, -0.15) is 5.10 Å². The molecule has 0 fully saturated rings. The number of rotatable bonds is 8. The van der Waals surface area contributed by atoms with Crippen molar-refractivity contribution in [1.29, 1.82) is 0 Å². The Bertz CT molecular complexity index is 1510. The Morgan fingerprint density at radius 1 is 1.06 bits per heavy atom. The van der Waals surface area contributed by atoms with Crippen LogP contribution in [0.5, 0.6) is 0 Å². The molecule has 5 aromatic rings. The molecule has 0 spiro atoms. The van der Waals surface area contributed by atoms with Crippen molar-refractivity contribution in [3.8, 4) is 5.69 Å². The maximum Gasteiger partial charge on any atom is 0.333 e. The van der Waals surface area contributed by atoms with Crippen molar-refractivity contribution in [1.82, 2.24) is 38.9 Å². The van der Waals surface area contributed by atoms with Crippen LogP contribution in [0, 0.1) is 11.6 Å². The summed E-state index contributed by atoms with van der Waals surface area (Å²) in [6.45, 7) is 1.91. The number of halogens is 2. The molecule has 10 nitrogen and oxygen atoms in total. The van der Waals surface area contributed by atoms with Gasteiger partial charge in [0.1, 0.15) is 29.9 Å². The first-order valence-corrected chi connectivity index (χ1v) is 11.1. The van der Waals surface area contributed by atoms with E-state index in [4.69, 9.17) is 0 Å². The van der Waals surface area contributed by atoms with Gasteiger partial charge in [0, 0.05) is 30.2 Å². The minimum absolute atomic E-state index is 0.163. The van der Waals surface area contributed by atoms with Gasteiger partial charge in [-0.25, -0.2) is 27.9 Å². The summed E-state index contributed by atoms with van der Waals surface area (Å²) in [5, 5.41) is 23.5. The number of imidazole rings is 1. The van der Waals surface area contributed by atoms with Crippen molar-refractivity contribution < 1.29 is 13.9 Å². The summed E-state index contributed by atoms with van der Waals surface area (Å²) in [6, 6.07) is 9.32. The smallest absolute Gasteiger partial charge is 0.333 e. The standard InChI is InChI=1S/C24H22F2N8O2/c1-17(24(36,14-32-16-27-15-29-32)21-7-4-19(25)12-22(21)26)33-10-11-34(23(33)35)20-5-2-18(3-6-20)13-31-9-8-28-30-31/h2-12,15-17,36H,13-14H2,1H3/t17-,24?/m1/s1. The Kier molecular flexibility index (Phi) is 6.02. The molecule has 0 aliphatic carbocycles. The number of aliphatic hydroxyl groups is 1. The summed E-state index contributed by atoms with van der Waals surface area (Å²) in [4.78, 5) is 17.2. The molecule has 12 heteroatoms. The van der Waals surface area contributed by atoms with E-state index < -0.39 is 29.0 Å². The first-order chi connectivity index (χ1) is 17.3. The fourth-order valence-corrected chi connectivity index (χ4v) is 4.22. The molecule has 0 aliphatic rings. The number of benzene rings is 2. The molecular formula is C24H22F2N8O2. The molecule has 3 heterocycles. The second-order valence-electron chi connectivity index (χ2n) is 8.44. The number of nitrogens with zero attached hydrogens (tertiary/aromatic N) is 8. The highest BCUT2D eigenvalue weighted by Gasteiger charge is 2.41. The number of aromatic nitrogens is 8. The van der Waals surface area contributed by atoms with Gasteiger partial charge >= 0.3 is 5.69 Å². The Morgan fingerprint density at radius 3 is 2.53 bits per heavy atom. The minimum Gasteiger partial charge on any atom is -0.381 e. The highest BCUT2D eigenvalue weighted by atomic mass is 19.1. The molecule has 0 saturated heterocycles. The van der Waals surface area contributed by atoms with Gasteiger partial charge < -0.3 is 5.11 Å². The summed E-state index contributed by atoms with van der Waals surface area (Å²) in [7, 11) is 0. The van der Waals surface area contributed by atoms with E-state index in [1.807, 2.05) is 12.1 Å². The van der Waals surface area contributed by atoms with Gasteiger partial charge in [-0.05, 0) is 30.7 Å². The van der Waals surface area contributed by atoms with E-state index in [9.17, 15) is 18.7 Å². The van der Waals surface area contributed by atoms with E-state index in [1.54, 1.807) is 42.3 Å². The molecular weight excluding hydrogens is 470 g/mol. The Morgan fingerprint density at radius 2 is 1.86 bits per heavy atom. The Balaban J connectivity index is 1.49. The third-order valence-corrected chi connectivity index (χ3v) is 6.21. The second kappa shape index (κ2) is 9.30. The van der Waals surface area contributed by atoms with Crippen LogP contribution in [0.25, 0.3) is 5.69 Å². The predicted octanol–water partition coefficient (Wildman–Crippen LogP) is 2.30. The maximum atomic E-state index is 14.8. The third kappa shape index (κ3) is 4.33. The van der Waals surface area contributed by atoms with Crippen LogP contribution in [-0.4, -0.2) is 44.0 Å². The van der Waals surface area contributed by atoms with Gasteiger partial charge in [0.25, 0.3) is 0 Å². The van der Waals surface area contributed by atoms with Crippen molar-refractivity contribution in [3.63, 3.8) is 0 Å². The van der Waals surface area contributed by atoms with Gasteiger partial charge in [0.15, 0.2) is 0 Å². The molecule has 1 unspecified atom stereocenters. The molecule has 0 bridgehead atoms. The van der Waals surface area contributed by atoms with Crippen LogP contribution in [0.15, 0.2) is 84.7 Å². The zero-order valence-electron chi connectivity index (χ0n) is 19.2. The lowest BCUT2D eigenvalue weighted by atomic mass is 9.86. The van der Waals surface area contributed by atoms with Crippen LogP contribution in [0.2, 0.25) is 0 Å². The highest BCUT2D eigenvalue weighted by Crippen LogP contribution is 2.36. The van der Waals surface area contributed by atoms with E-state index in [0.29, 0.717) is 18.3 Å². The Hall–Kier alpha value is -4.45. The van der Waals surface area contributed by atoms with E-state index in [0.717, 1.165) is 11.6 Å². The fraction of sp³-hybridized carbons (Fsp3) is 0.208. The average Bonchev–Trinajstić information content (AvgIpc) is 3.62. The average molecular weight is 492 g/mol. The molecule has 2 atom stereocenters. The molecule has 0 amide bonds. The van der Waals surface area contributed by atoms with Crippen molar-refractivity contribution in [2.24, 2.45) is 0 Å². The lowest BCUT2D eigenvalue weighted by Gasteiger charge is -2.35. The molecule has 36 heavy (non-hydrogen) atoms. The number of hydrogen-bond donors (Lipinski definition) is 1. The largest absolute Gasteiger partial charge is 0.381 e. The van der Waals surface area contributed by atoms with Gasteiger partial charge in [-0.3, -0.25) is 9.13 Å². The minimum atomic E-state index is -1.96. The van der Waals surface area contributed by atoms with Gasteiger partial charge in [-0.15, -0.1) is 5.10 Å². The van der Waals surface area contributed by atoms with Gasteiger partial charge in [0.05, 0.1) is 31.0 Å². The fourth-order valence-electron chi connectivity index (χ4n) is 4.22. The molecule has 0 aliphatic heterocycles. The summed E-state index contributed by atoms with van der Waals surface area (Å²) in [5.41, 5.74) is -0.974. The van der Waals surface area contributed by atoms with Crippen molar-refractivity contribution in [2.45, 2.75) is 31.7 Å². The molecule has 3 aromatic heterocycles. The SMILES string of the molecule is C[C@@H](n1ccn(-c2ccc(Cn3ccnn3)cc2)c1=O)C(O)(Cn1cncn1)c1ccc(F)cc1F. The van der Waals surface area contributed by atoms with Gasteiger partial charge in [-0.1, -0.05) is 23.4 Å². The van der Waals surface area contributed by atoms with Crippen molar-refractivity contribution in [3.05, 3.63) is 113 Å². The van der Waals surface area contributed by atoms with Crippen LogP contribution in [0.1, 0.15) is 24.1 Å². The molecule has 5 rings (SSSR count). The van der Waals surface area contributed by atoms with E-state index in [2.05, 4.69) is 20.4 Å². The first-order valence-electron chi connectivity index (χ1n) is 11.1. The molecule has 0 radical (unpaired) electrons. The van der Waals surface area contributed by atoms with Crippen molar-refractivity contribution in [2.75, 3.05) is 0 Å². The van der Waals surface area contributed by atoms with Crippen LogP contribution in [-0.2, 0) is 18.7 Å². The quantitative estimate of drug-likeness (QED) is 0.356. The zero-order valence-corrected chi connectivity index (χ0v) is 19.2. The molecule has 0 saturated carbocycles. The Labute approximate surface area is 203 Å². The molecule has 2 aromatic carbocycles. The number of hydrogen-bond acceptors (Lipinski definition) is 6. The predicted molar refractivity (Wildman–Crippen MR) is 124 cm³/mol. The van der Waals surface area contributed by atoms with Crippen LogP contribution >= 0.6 is 0 Å². The molecule has 1 N–H and O–H groups in total. The van der Waals surface area contributed by atoms with Crippen LogP contribution in [0.4, 0.5) is 8.78 Å². The maximum absolute atomic E-state index is 14.8. The van der Waals surface area contributed by atoms with E-state index in [1.165, 1.54) is 38.7 Å². The van der Waals surface area contributed by atoms with Crippen molar-refractivity contribution >= 4 is 0 Å². The lowest BCUT2D eigenvalue weighted by Crippen LogP contribution is -2.43. The molecule has 184 valence electrons. The summed E-state index contributed by atoms with van der Waals surface area (Å²) < 4.78 is 34.2. The summed E-state index contributed by atoms with van der Waals surface area (Å²) in [5.74, 6) is -1.71. The zero-order chi connectivity index (χ0) is 25.3. The lowest BCUT2D eigenvalue weighted by molar-refractivity contribution is -0.0342.